The van der Waals surface area contributed by atoms with Gasteiger partial charge in [0.25, 0.3) is 0 Å². The summed E-state index contributed by atoms with van der Waals surface area (Å²) in [4.78, 5) is 43.3. The van der Waals surface area contributed by atoms with Crippen molar-refractivity contribution in [2.24, 2.45) is 5.92 Å². The monoisotopic (exact) mass is 499 g/mol. The first-order chi connectivity index (χ1) is 17.1. The number of benzene rings is 2. The van der Waals surface area contributed by atoms with Crippen LogP contribution in [0.15, 0.2) is 48.5 Å². The van der Waals surface area contributed by atoms with Gasteiger partial charge in [0.1, 0.15) is 23.8 Å². The SMILES string of the molecule is CC(C)[C@H]1C(=O)N(C(C)c2ccc(F)cc2)C[C@H]2N1C(=O)CN(C)N2C(=O)NCc1ccc(F)cc1. The van der Waals surface area contributed by atoms with Crippen molar-refractivity contribution in [3.8, 4) is 0 Å². The van der Waals surface area contributed by atoms with Crippen LogP contribution in [0.4, 0.5) is 13.6 Å². The van der Waals surface area contributed by atoms with Gasteiger partial charge in [-0.1, -0.05) is 38.1 Å². The minimum Gasteiger partial charge on any atom is -0.333 e. The molecule has 2 heterocycles. The van der Waals surface area contributed by atoms with Gasteiger partial charge in [-0.05, 0) is 48.2 Å². The number of hydrazine groups is 1. The van der Waals surface area contributed by atoms with E-state index >= 15 is 0 Å². The molecule has 3 atom stereocenters. The Bertz CT molecular complexity index is 1130. The van der Waals surface area contributed by atoms with Crippen LogP contribution in [0, 0.1) is 17.6 Å². The van der Waals surface area contributed by atoms with Crippen molar-refractivity contribution >= 4 is 17.8 Å². The van der Waals surface area contributed by atoms with Crippen LogP contribution >= 0.6 is 0 Å². The van der Waals surface area contributed by atoms with Gasteiger partial charge in [0.15, 0.2) is 0 Å². The summed E-state index contributed by atoms with van der Waals surface area (Å²) in [6.45, 7) is 5.81. The van der Waals surface area contributed by atoms with Crippen LogP contribution in [-0.4, -0.2) is 70.0 Å². The predicted octanol–water partition coefficient (Wildman–Crippen LogP) is 3.12. The van der Waals surface area contributed by atoms with Crippen molar-refractivity contribution in [1.29, 1.82) is 0 Å². The molecule has 2 saturated heterocycles. The quantitative estimate of drug-likeness (QED) is 0.686. The maximum atomic E-state index is 13.6. The Morgan fingerprint density at radius 3 is 2.17 bits per heavy atom. The van der Waals surface area contributed by atoms with Crippen molar-refractivity contribution in [3.05, 3.63) is 71.3 Å². The van der Waals surface area contributed by atoms with Crippen LogP contribution in [0.25, 0.3) is 0 Å². The van der Waals surface area contributed by atoms with E-state index in [2.05, 4.69) is 5.32 Å². The topological polar surface area (TPSA) is 76.2 Å². The van der Waals surface area contributed by atoms with Crippen LogP contribution < -0.4 is 5.32 Å². The molecule has 1 N–H and O–H groups in total. The number of fused-ring (bicyclic) bond motifs is 1. The molecule has 4 rings (SSSR count). The van der Waals surface area contributed by atoms with E-state index in [1.165, 1.54) is 34.2 Å². The highest BCUT2D eigenvalue weighted by atomic mass is 19.1. The molecule has 2 fully saturated rings. The second-order valence-corrected chi connectivity index (χ2v) is 9.63. The lowest BCUT2D eigenvalue weighted by Crippen LogP contribution is -2.76. The zero-order chi connectivity index (χ0) is 26.1. The third-order valence-corrected chi connectivity index (χ3v) is 6.84. The predicted molar refractivity (Wildman–Crippen MR) is 129 cm³/mol. The normalized spacial score (nSPS) is 21.6. The molecule has 2 aliphatic heterocycles. The molecule has 0 radical (unpaired) electrons. The fourth-order valence-corrected chi connectivity index (χ4v) is 4.95. The number of piperazine rings is 1. The first-order valence-corrected chi connectivity index (χ1v) is 12.0. The second kappa shape index (κ2) is 10.2. The van der Waals surface area contributed by atoms with E-state index in [1.54, 1.807) is 41.2 Å². The number of hydrogen-bond donors (Lipinski definition) is 1. The van der Waals surface area contributed by atoms with E-state index in [9.17, 15) is 23.2 Å². The van der Waals surface area contributed by atoms with Gasteiger partial charge < -0.3 is 15.1 Å². The molecule has 2 aromatic carbocycles. The number of carbonyl (C=O) groups is 3. The van der Waals surface area contributed by atoms with Gasteiger partial charge in [-0.25, -0.2) is 23.6 Å². The molecule has 8 nitrogen and oxygen atoms in total. The van der Waals surface area contributed by atoms with Crippen molar-refractivity contribution < 1.29 is 23.2 Å². The van der Waals surface area contributed by atoms with E-state index < -0.39 is 24.3 Å². The van der Waals surface area contributed by atoms with E-state index in [4.69, 9.17) is 0 Å². The summed E-state index contributed by atoms with van der Waals surface area (Å²) < 4.78 is 26.7. The molecule has 0 saturated carbocycles. The highest BCUT2D eigenvalue weighted by molar-refractivity contribution is 5.91. The summed E-state index contributed by atoms with van der Waals surface area (Å²) in [6, 6.07) is 10.2. The van der Waals surface area contributed by atoms with Gasteiger partial charge in [-0.15, -0.1) is 0 Å². The minimum atomic E-state index is -0.750. The number of likely N-dealkylation sites (N-methyl/N-ethyl adjacent to an activating group) is 1. The lowest BCUT2D eigenvalue weighted by atomic mass is 9.94. The summed E-state index contributed by atoms with van der Waals surface area (Å²) >= 11 is 0. The number of halogens is 2. The van der Waals surface area contributed by atoms with Crippen molar-refractivity contribution in [1.82, 2.24) is 25.1 Å². The molecule has 0 spiro atoms. The average molecular weight is 500 g/mol. The standard InChI is InChI=1S/C26H31F2N5O3/c1-16(2)24-25(35)31(17(3)19-7-11-21(28)12-8-19)14-22-32(24)23(34)15-30(4)33(22)26(36)29-13-18-5-9-20(27)10-6-18/h5-12,16-17,22,24H,13-15H2,1-4H3,(H,29,36)/t17?,22-,24-/m0/s1. The molecule has 0 aliphatic carbocycles. The van der Waals surface area contributed by atoms with Gasteiger partial charge in [0.05, 0.1) is 19.1 Å². The number of urea groups is 1. The molecule has 10 heteroatoms. The first-order valence-electron chi connectivity index (χ1n) is 12.0. The van der Waals surface area contributed by atoms with Crippen molar-refractivity contribution in [3.63, 3.8) is 0 Å². The smallest absolute Gasteiger partial charge is 0.333 e. The highest BCUT2D eigenvalue weighted by Crippen LogP contribution is 2.33. The molecule has 1 unspecified atom stereocenters. The second-order valence-electron chi connectivity index (χ2n) is 9.63. The Hall–Kier alpha value is -3.53. The summed E-state index contributed by atoms with van der Waals surface area (Å²) in [5, 5.41) is 5.87. The fraction of sp³-hybridized carbons (Fsp3) is 0.423. The number of nitrogens with zero attached hydrogens (tertiary/aromatic N) is 4. The number of carbonyl (C=O) groups excluding carboxylic acids is 3. The lowest BCUT2D eigenvalue weighted by molar-refractivity contribution is -0.192. The molecule has 36 heavy (non-hydrogen) atoms. The fourth-order valence-electron chi connectivity index (χ4n) is 4.95. The molecule has 0 bridgehead atoms. The lowest BCUT2D eigenvalue weighted by Gasteiger charge is -2.56. The molecular weight excluding hydrogens is 468 g/mol. The van der Waals surface area contributed by atoms with E-state index in [-0.39, 0.29) is 49.0 Å². The van der Waals surface area contributed by atoms with Gasteiger partial charge in [-0.3, -0.25) is 9.59 Å². The molecule has 192 valence electrons. The zero-order valence-corrected chi connectivity index (χ0v) is 20.8. The Labute approximate surface area is 209 Å². The molecule has 2 aromatic rings. The van der Waals surface area contributed by atoms with E-state index in [1.807, 2.05) is 20.8 Å². The largest absolute Gasteiger partial charge is 0.334 e. The van der Waals surface area contributed by atoms with Gasteiger partial charge in [-0.2, -0.15) is 0 Å². The maximum absolute atomic E-state index is 13.6. The molecular formula is C26H31F2N5O3. The van der Waals surface area contributed by atoms with E-state index in [0.717, 1.165) is 11.1 Å². The van der Waals surface area contributed by atoms with Gasteiger partial charge in [0.2, 0.25) is 11.8 Å². The minimum absolute atomic E-state index is 0.0511. The Morgan fingerprint density at radius 2 is 1.58 bits per heavy atom. The maximum Gasteiger partial charge on any atom is 0.334 e. The third-order valence-electron chi connectivity index (χ3n) is 6.84. The number of hydrogen-bond acceptors (Lipinski definition) is 4. The van der Waals surface area contributed by atoms with Crippen LogP contribution in [0.2, 0.25) is 0 Å². The average Bonchev–Trinajstić information content (AvgIpc) is 2.83. The Morgan fingerprint density at radius 1 is 1.00 bits per heavy atom. The Balaban J connectivity index is 1.63. The Kier molecular flexibility index (Phi) is 7.26. The van der Waals surface area contributed by atoms with Crippen LogP contribution in [-0.2, 0) is 16.1 Å². The van der Waals surface area contributed by atoms with Crippen molar-refractivity contribution in [2.75, 3.05) is 20.1 Å². The number of nitrogens with one attached hydrogen (secondary N) is 1. The molecule has 2 aliphatic rings. The molecule has 0 aromatic heterocycles. The van der Waals surface area contributed by atoms with Crippen LogP contribution in [0.1, 0.15) is 37.9 Å². The summed E-state index contributed by atoms with van der Waals surface area (Å²) in [6.07, 6.45) is -0.725. The zero-order valence-electron chi connectivity index (χ0n) is 20.8. The summed E-state index contributed by atoms with van der Waals surface area (Å²) in [5.74, 6) is -1.36. The summed E-state index contributed by atoms with van der Waals surface area (Å²) in [7, 11) is 1.65. The van der Waals surface area contributed by atoms with Crippen LogP contribution in [0.3, 0.4) is 0 Å². The highest BCUT2D eigenvalue weighted by Gasteiger charge is 2.52. The van der Waals surface area contributed by atoms with Crippen molar-refractivity contribution in [2.45, 2.75) is 45.6 Å². The van der Waals surface area contributed by atoms with Gasteiger partial charge >= 0.3 is 6.03 Å². The van der Waals surface area contributed by atoms with E-state index in [0.29, 0.717) is 0 Å². The van der Waals surface area contributed by atoms with Crippen LogP contribution in [0.5, 0.6) is 0 Å². The third kappa shape index (κ3) is 4.90. The first kappa shape index (κ1) is 25.6. The number of rotatable bonds is 5. The summed E-state index contributed by atoms with van der Waals surface area (Å²) in [5.41, 5.74) is 1.48. The number of amides is 4. The molecule has 4 amide bonds. The van der Waals surface area contributed by atoms with Gasteiger partial charge in [0, 0.05) is 13.6 Å².